The lowest BCUT2D eigenvalue weighted by atomic mass is 10.1. The Bertz CT molecular complexity index is 1380. The highest BCUT2D eigenvalue weighted by molar-refractivity contribution is 8.26. The van der Waals surface area contributed by atoms with Crippen LogP contribution in [0.2, 0.25) is 0 Å². The SMILES string of the molecule is CC(c1ccccc1)N1C(=O)C(=Cc2cn(-c3ccccc3)nc2-c2ccc(F)cc2)SC1=S. The molecule has 1 aliphatic heterocycles. The van der Waals surface area contributed by atoms with Gasteiger partial charge in [0.2, 0.25) is 0 Å². The number of amides is 1. The molecule has 34 heavy (non-hydrogen) atoms. The summed E-state index contributed by atoms with van der Waals surface area (Å²) < 4.78 is 15.8. The molecule has 4 nitrogen and oxygen atoms in total. The van der Waals surface area contributed by atoms with E-state index in [2.05, 4.69) is 0 Å². The Balaban J connectivity index is 1.54. The lowest BCUT2D eigenvalue weighted by Gasteiger charge is -2.23. The topological polar surface area (TPSA) is 38.1 Å². The first-order valence-electron chi connectivity index (χ1n) is 10.7. The molecule has 3 aromatic carbocycles. The van der Waals surface area contributed by atoms with Gasteiger partial charge in [-0.05, 0) is 55.0 Å². The summed E-state index contributed by atoms with van der Waals surface area (Å²) >= 11 is 6.86. The standard InChI is InChI=1S/C27H20FN3OS2/c1-18(19-8-4-2-5-9-19)31-26(32)24(34-27(31)33)16-21-17-30(23-10-6-3-7-11-23)29-25(21)20-12-14-22(28)15-13-20/h2-18H,1H3. The van der Waals surface area contributed by atoms with E-state index in [-0.39, 0.29) is 17.8 Å². The highest BCUT2D eigenvalue weighted by Gasteiger charge is 2.36. The van der Waals surface area contributed by atoms with Gasteiger partial charge >= 0.3 is 0 Å². The van der Waals surface area contributed by atoms with E-state index in [1.54, 1.807) is 21.7 Å². The smallest absolute Gasteiger partial charge is 0.266 e. The number of halogens is 1. The van der Waals surface area contributed by atoms with Crippen LogP contribution in [-0.2, 0) is 4.79 Å². The van der Waals surface area contributed by atoms with Crippen molar-refractivity contribution in [2.75, 3.05) is 0 Å². The molecule has 1 aliphatic rings. The van der Waals surface area contributed by atoms with Crippen LogP contribution < -0.4 is 0 Å². The molecule has 0 bridgehead atoms. The zero-order valence-corrected chi connectivity index (χ0v) is 19.9. The number of para-hydroxylation sites is 1. The van der Waals surface area contributed by atoms with Gasteiger partial charge in [0.15, 0.2) is 0 Å². The number of rotatable bonds is 5. The molecule has 168 valence electrons. The Morgan fingerprint density at radius 2 is 1.62 bits per heavy atom. The zero-order valence-electron chi connectivity index (χ0n) is 18.3. The molecule has 0 aliphatic carbocycles. The van der Waals surface area contributed by atoms with Crippen LogP contribution in [0.5, 0.6) is 0 Å². The number of aromatic nitrogens is 2. The number of hydrogen-bond acceptors (Lipinski definition) is 4. The van der Waals surface area contributed by atoms with E-state index >= 15 is 0 Å². The maximum absolute atomic E-state index is 13.5. The summed E-state index contributed by atoms with van der Waals surface area (Å²) in [5.74, 6) is -0.451. The van der Waals surface area contributed by atoms with Crippen molar-refractivity contribution in [3.05, 3.63) is 113 Å². The summed E-state index contributed by atoms with van der Waals surface area (Å²) in [5.41, 5.74) is 4.07. The molecule has 2 heterocycles. The summed E-state index contributed by atoms with van der Waals surface area (Å²) in [4.78, 5) is 15.6. The van der Waals surface area contributed by atoms with Crippen molar-refractivity contribution in [2.24, 2.45) is 0 Å². The van der Waals surface area contributed by atoms with Crippen LogP contribution in [0.4, 0.5) is 4.39 Å². The number of carbonyl (C=O) groups excluding carboxylic acids is 1. The van der Waals surface area contributed by atoms with Gasteiger partial charge in [-0.2, -0.15) is 5.10 Å². The average molecular weight is 486 g/mol. The fourth-order valence-corrected chi connectivity index (χ4v) is 5.28. The number of thioether (sulfide) groups is 1. The lowest BCUT2D eigenvalue weighted by molar-refractivity contribution is -0.123. The normalized spacial score (nSPS) is 15.8. The van der Waals surface area contributed by atoms with Crippen molar-refractivity contribution < 1.29 is 9.18 Å². The van der Waals surface area contributed by atoms with Crippen LogP contribution in [0.1, 0.15) is 24.1 Å². The van der Waals surface area contributed by atoms with Gasteiger partial charge in [-0.1, -0.05) is 72.5 Å². The summed E-state index contributed by atoms with van der Waals surface area (Å²) in [5, 5.41) is 4.75. The quantitative estimate of drug-likeness (QED) is 0.235. The Labute approximate surface area is 206 Å². The molecule has 4 aromatic rings. The average Bonchev–Trinajstić information content (AvgIpc) is 3.41. The molecule has 1 unspecified atom stereocenters. The predicted octanol–water partition coefficient (Wildman–Crippen LogP) is 6.64. The number of carbonyl (C=O) groups is 1. The molecule has 1 aromatic heterocycles. The fraction of sp³-hybridized carbons (Fsp3) is 0.0741. The van der Waals surface area contributed by atoms with Gasteiger partial charge < -0.3 is 0 Å². The van der Waals surface area contributed by atoms with E-state index in [1.165, 1.54) is 23.9 Å². The van der Waals surface area contributed by atoms with Crippen molar-refractivity contribution in [3.8, 4) is 16.9 Å². The Morgan fingerprint density at radius 1 is 0.971 bits per heavy atom. The number of nitrogens with zero attached hydrogens (tertiary/aromatic N) is 3. The molecule has 5 rings (SSSR count). The van der Waals surface area contributed by atoms with E-state index in [1.807, 2.05) is 79.9 Å². The maximum Gasteiger partial charge on any atom is 0.266 e. The summed E-state index contributed by atoms with van der Waals surface area (Å²) in [7, 11) is 0. The predicted molar refractivity (Wildman–Crippen MR) is 139 cm³/mol. The minimum atomic E-state index is -0.316. The first-order valence-corrected chi connectivity index (χ1v) is 12.0. The summed E-state index contributed by atoms with van der Waals surface area (Å²) in [6, 6.07) is 25.5. The van der Waals surface area contributed by atoms with Crippen molar-refractivity contribution in [1.29, 1.82) is 0 Å². The molecular weight excluding hydrogens is 465 g/mol. The Hall–Kier alpha value is -3.55. The number of benzene rings is 3. The van der Waals surface area contributed by atoms with E-state index in [9.17, 15) is 9.18 Å². The summed E-state index contributed by atoms with van der Waals surface area (Å²) in [6.45, 7) is 1.97. The molecule has 1 fully saturated rings. The van der Waals surface area contributed by atoms with Gasteiger partial charge in [0, 0.05) is 17.3 Å². The molecule has 0 saturated carbocycles. The molecule has 7 heteroatoms. The van der Waals surface area contributed by atoms with Crippen LogP contribution in [0.15, 0.2) is 96.0 Å². The van der Waals surface area contributed by atoms with Crippen LogP contribution in [0.3, 0.4) is 0 Å². The third-order valence-corrected chi connectivity index (χ3v) is 6.99. The lowest BCUT2D eigenvalue weighted by Crippen LogP contribution is -2.30. The highest BCUT2D eigenvalue weighted by atomic mass is 32.2. The second kappa shape index (κ2) is 9.37. The first-order chi connectivity index (χ1) is 16.5. The van der Waals surface area contributed by atoms with Gasteiger partial charge in [0.1, 0.15) is 10.1 Å². The minimum Gasteiger partial charge on any atom is -0.286 e. The number of thiocarbonyl (C=S) groups is 1. The van der Waals surface area contributed by atoms with E-state index in [4.69, 9.17) is 17.3 Å². The van der Waals surface area contributed by atoms with Crippen molar-refractivity contribution in [3.63, 3.8) is 0 Å². The minimum absolute atomic E-state index is 0.135. The number of hydrogen-bond donors (Lipinski definition) is 0. The van der Waals surface area contributed by atoms with Gasteiger partial charge in [-0.3, -0.25) is 9.69 Å². The van der Waals surface area contributed by atoms with Crippen LogP contribution in [0.25, 0.3) is 23.0 Å². The van der Waals surface area contributed by atoms with Crippen molar-refractivity contribution in [1.82, 2.24) is 14.7 Å². The van der Waals surface area contributed by atoms with Crippen LogP contribution in [0, 0.1) is 5.82 Å². The second-order valence-electron chi connectivity index (χ2n) is 7.86. The van der Waals surface area contributed by atoms with Crippen LogP contribution in [-0.4, -0.2) is 24.9 Å². The van der Waals surface area contributed by atoms with E-state index < -0.39 is 0 Å². The Kier molecular flexibility index (Phi) is 6.13. The van der Waals surface area contributed by atoms with Gasteiger partial charge in [0.05, 0.1) is 22.3 Å². The molecule has 1 saturated heterocycles. The highest BCUT2D eigenvalue weighted by Crippen LogP contribution is 2.39. The third-order valence-electron chi connectivity index (χ3n) is 5.66. The van der Waals surface area contributed by atoms with E-state index in [0.717, 1.165) is 22.4 Å². The monoisotopic (exact) mass is 485 g/mol. The second-order valence-corrected chi connectivity index (χ2v) is 9.53. The van der Waals surface area contributed by atoms with Crippen LogP contribution >= 0.6 is 24.0 Å². The molecule has 0 radical (unpaired) electrons. The summed E-state index contributed by atoms with van der Waals surface area (Å²) in [6.07, 6.45) is 3.70. The van der Waals surface area contributed by atoms with Gasteiger partial charge in [-0.15, -0.1) is 0 Å². The fourth-order valence-electron chi connectivity index (χ4n) is 3.87. The van der Waals surface area contributed by atoms with Crippen molar-refractivity contribution >= 4 is 40.3 Å². The van der Waals surface area contributed by atoms with Crippen molar-refractivity contribution in [2.45, 2.75) is 13.0 Å². The maximum atomic E-state index is 13.5. The van der Waals surface area contributed by atoms with Gasteiger partial charge in [0.25, 0.3) is 5.91 Å². The Morgan fingerprint density at radius 3 is 2.29 bits per heavy atom. The first kappa shape index (κ1) is 22.3. The zero-order chi connectivity index (χ0) is 23.7. The molecule has 0 spiro atoms. The van der Waals surface area contributed by atoms with Gasteiger partial charge in [-0.25, -0.2) is 9.07 Å². The molecule has 1 atom stereocenters. The largest absolute Gasteiger partial charge is 0.286 e. The molecule has 1 amide bonds. The molecular formula is C27H20FN3OS2. The van der Waals surface area contributed by atoms with E-state index in [0.29, 0.717) is 14.9 Å². The molecule has 0 N–H and O–H groups in total. The third kappa shape index (κ3) is 4.32.